The molecule has 156 valence electrons. The summed E-state index contributed by atoms with van der Waals surface area (Å²) < 4.78 is 24.4. The van der Waals surface area contributed by atoms with Crippen molar-refractivity contribution in [3.8, 4) is 0 Å². The number of alkyl carbamates (subject to hydrolysis) is 1. The first-order chi connectivity index (χ1) is 13.0. The Hall–Kier alpha value is -2.11. The normalized spacial score (nSPS) is 17.8. The molecule has 6 heteroatoms. The van der Waals surface area contributed by atoms with Gasteiger partial charge in [0.15, 0.2) is 0 Å². The van der Waals surface area contributed by atoms with E-state index >= 15 is 0 Å². The maximum atomic E-state index is 13.5. The van der Waals surface area contributed by atoms with Gasteiger partial charge in [-0.2, -0.15) is 0 Å². The first-order valence-electron chi connectivity index (χ1n) is 9.94. The van der Waals surface area contributed by atoms with Gasteiger partial charge in [0.05, 0.1) is 0 Å². The Labute approximate surface area is 167 Å². The molecular formula is C22H32FNO4. The van der Waals surface area contributed by atoms with E-state index in [4.69, 9.17) is 9.47 Å². The second-order valence-electron chi connectivity index (χ2n) is 8.73. The summed E-state index contributed by atoms with van der Waals surface area (Å²) in [5, 5.41) is 2.51. The van der Waals surface area contributed by atoms with Crippen LogP contribution in [0.5, 0.6) is 0 Å². The zero-order chi connectivity index (χ0) is 21.1. The van der Waals surface area contributed by atoms with Gasteiger partial charge in [-0.05, 0) is 83.6 Å². The molecule has 0 unspecified atom stereocenters. The van der Waals surface area contributed by atoms with Crippen molar-refractivity contribution in [2.75, 3.05) is 0 Å². The minimum Gasteiger partial charge on any atom is -0.460 e. The van der Waals surface area contributed by atoms with Crippen LogP contribution in [0, 0.1) is 18.7 Å². The summed E-state index contributed by atoms with van der Waals surface area (Å²) >= 11 is 0. The van der Waals surface area contributed by atoms with Crippen LogP contribution in [0.3, 0.4) is 0 Å². The Kier molecular flexibility index (Phi) is 7.07. The van der Waals surface area contributed by atoms with Crippen molar-refractivity contribution < 1.29 is 23.5 Å². The van der Waals surface area contributed by atoms with Crippen LogP contribution in [-0.4, -0.2) is 29.8 Å². The van der Waals surface area contributed by atoms with Crippen molar-refractivity contribution in [3.05, 3.63) is 35.1 Å². The lowest BCUT2D eigenvalue weighted by atomic mass is 9.70. The van der Waals surface area contributed by atoms with Gasteiger partial charge in [-0.25, -0.2) is 14.0 Å². The van der Waals surface area contributed by atoms with Crippen LogP contribution in [0.4, 0.5) is 9.18 Å². The number of benzene rings is 1. The fourth-order valence-corrected chi connectivity index (χ4v) is 3.60. The summed E-state index contributed by atoms with van der Waals surface area (Å²) in [4.78, 5) is 24.4. The molecule has 0 heterocycles. The number of esters is 1. The lowest BCUT2D eigenvalue weighted by Crippen LogP contribution is -2.44. The highest BCUT2D eigenvalue weighted by molar-refractivity contribution is 5.81. The number of hydrogen-bond donors (Lipinski definition) is 1. The van der Waals surface area contributed by atoms with E-state index in [0.717, 1.165) is 30.4 Å². The van der Waals surface area contributed by atoms with E-state index in [1.54, 1.807) is 33.8 Å². The Morgan fingerprint density at radius 3 is 2.36 bits per heavy atom. The maximum absolute atomic E-state index is 13.5. The third-order valence-corrected chi connectivity index (χ3v) is 5.14. The van der Waals surface area contributed by atoms with Crippen LogP contribution < -0.4 is 5.32 Å². The zero-order valence-corrected chi connectivity index (χ0v) is 17.7. The van der Waals surface area contributed by atoms with Crippen LogP contribution in [0.25, 0.3) is 0 Å². The zero-order valence-electron chi connectivity index (χ0n) is 17.7. The van der Waals surface area contributed by atoms with Crippen LogP contribution in [-0.2, 0) is 14.3 Å². The maximum Gasteiger partial charge on any atom is 0.408 e. The molecule has 1 N–H and O–H groups in total. The van der Waals surface area contributed by atoms with E-state index in [1.807, 2.05) is 13.8 Å². The average molecular weight is 393 g/mol. The Morgan fingerprint density at radius 2 is 1.86 bits per heavy atom. The van der Waals surface area contributed by atoms with Gasteiger partial charge in [-0.3, -0.25) is 0 Å². The number of nitrogens with one attached hydrogen (secondary N) is 1. The Morgan fingerprint density at radius 1 is 1.21 bits per heavy atom. The number of hydrogen-bond acceptors (Lipinski definition) is 4. The summed E-state index contributed by atoms with van der Waals surface area (Å²) in [6.45, 7) is 10.6. The van der Waals surface area contributed by atoms with Gasteiger partial charge in [-0.1, -0.05) is 12.5 Å². The van der Waals surface area contributed by atoms with Gasteiger partial charge in [0.1, 0.15) is 23.6 Å². The molecule has 3 atom stereocenters. The van der Waals surface area contributed by atoms with Crippen molar-refractivity contribution in [2.45, 2.75) is 84.5 Å². The first-order valence-corrected chi connectivity index (χ1v) is 9.94. The number of rotatable bonds is 6. The third-order valence-electron chi connectivity index (χ3n) is 5.14. The summed E-state index contributed by atoms with van der Waals surface area (Å²) in [5.74, 6) is -0.371. The molecular weight excluding hydrogens is 361 g/mol. The van der Waals surface area contributed by atoms with E-state index in [0.29, 0.717) is 5.92 Å². The monoisotopic (exact) mass is 393 g/mol. The van der Waals surface area contributed by atoms with E-state index in [1.165, 1.54) is 12.1 Å². The van der Waals surface area contributed by atoms with Gasteiger partial charge in [-0.15, -0.1) is 0 Å². The molecule has 28 heavy (non-hydrogen) atoms. The van der Waals surface area contributed by atoms with Crippen LogP contribution in [0.2, 0.25) is 0 Å². The fraction of sp³-hybridized carbons (Fsp3) is 0.636. The predicted octanol–water partition coefficient (Wildman–Crippen LogP) is 4.86. The molecule has 1 aliphatic rings. The molecule has 5 nitrogen and oxygen atoms in total. The van der Waals surface area contributed by atoms with Crippen LogP contribution >= 0.6 is 0 Å². The molecule has 0 spiro atoms. The summed E-state index contributed by atoms with van der Waals surface area (Å²) in [7, 11) is 0. The van der Waals surface area contributed by atoms with Crippen LogP contribution in [0.15, 0.2) is 18.2 Å². The highest BCUT2D eigenvalue weighted by atomic mass is 19.1. The molecule has 0 aromatic heterocycles. The number of carbonyl (C=O) groups is 2. The average Bonchev–Trinajstić information content (AvgIpc) is 2.49. The van der Waals surface area contributed by atoms with Gasteiger partial charge >= 0.3 is 12.1 Å². The SMILES string of the molecule is Cc1cc(F)ccc1[C@@H](C1CCC1)[C@H](C)OC(=O)[C@H](C)NC(=O)OC(C)(C)C. The highest BCUT2D eigenvalue weighted by Gasteiger charge is 2.36. The van der Waals surface area contributed by atoms with E-state index in [9.17, 15) is 14.0 Å². The molecule has 1 aliphatic carbocycles. The summed E-state index contributed by atoms with van der Waals surface area (Å²) in [6.07, 6.45) is 2.24. The molecule has 1 aromatic rings. The lowest BCUT2D eigenvalue weighted by Gasteiger charge is -2.38. The van der Waals surface area contributed by atoms with Crippen molar-refractivity contribution in [1.29, 1.82) is 0 Å². The standard InChI is InChI=1S/C22H32FNO4/c1-13-12-17(23)10-11-18(13)19(16-8-7-9-16)15(3)27-20(25)14(2)24-21(26)28-22(4,5)6/h10-12,14-16,19H,7-9H2,1-6H3,(H,24,26)/t14-,15-,19+/m0/s1. The quantitative estimate of drug-likeness (QED) is 0.701. The molecule has 0 radical (unpaired) electrons. The van der Waals surface area contributed by atoms with Gasteiger partial charge < -0.3 is 14.8 Å². The number of amides is 1. The highest BCUT2D eigenvalue weighted by Crippen LogP contribution is 2.43. The lowest BCUT2D eigenvalue weighted by molar-refractivity contribution is -0.152. The smallest absolute Gasteiger partial charge is 0.408 e. The van der Waals surface area contributed by atoms with Crippen LogP contribution in [0.1, 0.15) is 70.9 Å². The number of carbonyl (C=O) groups excluding carboxylic acids is 2. The third kappa shape index (κ3) is 5.94. The van der Waals surface area contributed by atoms with Crippen molar-refractivity contribution >= 4 is 12.1 Å². The molecule has 1 amide bonds. The molecule has 1 saturated carbocycles. The Bertz CT molecular complexity index is 709. The molecule has 0 bridgehead atoms. The van der Waals surface area contributed by atoms with Gasteiger partial charge in [0, 0.05) is 5.92 Å². The minimum atomic E-state index is -0.825. The molecule has 1 aromatic carbocycles. The second-order valence-corrected chi connectivity index (χ2v) is 8.73. The Balaban J connectivity index is 2.05. The number of ether oxygens (including phenoxy) is 2. The molecule has 1 fully saturated rings. The topological polar surface area (TPSA) is 64.6 Å². The minimum absolute atomic E-state index is 0.00651. The van der Waals surface area contributed by atoms with Crippen molar-refractivity contribution in [1.82, 2.24) is 5.32 Å². The van der Waals surface area contributed by atoms with E-state index < -0.39 is 23.7 Å². The van der Waals surface area contributed by atoms with Crippen molar-refractivity contribution in [2.24, 2.45) is 5.92 Å². The van der Waals surface area contributed by atoms with Gasteiger partial charge in [0.25, 0.3) is 0 Å². The van der Waals surface area contributed by atoms with E-state index in [-0.39, 0.29) is 17.8 Å². The molecule has 0 saturated heterocycles. The summed E-state index contributed by atoms with van der Waals surface area (Å²) in [5.41, 5.74) is 1.23. The van der Waals surface area contributed by atoms with Crippen molar-refractivity contribution in [3.63, 3.8) is 0 Å². The summed E-state index contributed by atoms with van der Waals surface area (Å²) in [6, 6.07) is 3.94. The largest absolute Gasteiger partial charge is 0.460 e. The number of halogens is 1. The van der Waals surface area contributed by atoms with E-state index in [2.05, 4.69) is 5.32 Å². The number of aryl methyl sites for hydroxylation is 1. The predicted molar refractivity (Wildman–Crippen MR) is 106 cm³/mol. The van der Waals surface area contributed by atoms with Gasteiger partial charge in [0.2, 0.25) is 0 Å². The first kappa shape index (κ1) is 22.2. The second kappa shape index (κ2) is 8.93. The fourth-order valence-electron chi connectivity index (χ4n) is 3.60. The molecule has 2 rings (SSSR count). The molecule has 0 aliphatic heterocycles.